The first kappa shape index (κ1) is 16.8. The minimum atomic E-state index is -0.352. The second kappa shape index (κ2) is 7.33. The first-order chi connectivity index (χ1) is 13.2. The Morgan fingerprint density at radius 2 is 1.78 bits per heavy atom. The molecule has 0 amide bonds. The van der Waals surface area contributed by atoms with Gasteiger partial charge < -0.3 is 13.6 Å². The molecule has 5 heteroatoms. The van der Waals surface area contributed by atoms with Crippen LogP contribution >= 0.6 is 0 Å². The zero-order chi connectivity index (χ0) is 18.6. The average molecular weight is 360 g/mol. The van der Waals surface area contributed by atoms with Gasteiger partial charge in [0.05, 0.1) is 11.6 Å². The molecule has 2 aromatic heterocycles. The Morgan fingerprint density at radius 3 is 2.56 bits per heavy atom. The molecule has 4 aromatic rings. The van der Waals surface area contributed by atoms with Gasteiger partial charge in [-0.1, -0.05) is 30.3 Å². The molecule has 134 valence electrons. The van der Waals surface area contributed by atoms with Crippen molar-refractivity contribution in [1.29, 1.82) is 0 Å². The standard InChI is InChI=1S/C22H16O5/c23-18-14-21(20-7-4-12-25-20)27-19-10-9-16(13-17(18)19)26-22(24)11-8-15-5-2-1-3-6-15/h1-7,9-10,12-14H,8,11H2. The minimum absolute atomic E-state index is 0.232. The van der Waals surface area contributed by atoms with Crippen LogP contribution in [0, 0.1) is 0 Å². The van der Waals surface area contributed by atoms with E-state index in [0.29, 0.717) is 34.7 Å². The molecule has 0 aliphatic rings. The van der Waals surface area contributed by atoms with Gasteiger partial charge in [-0.3, -0.25) is 9.59 Å². The van der Waals surface area contributed by atoms with E-state index in [4.69, 9.17) is 13.6 Å². The summed E-state index contributed by atoms with van der Waals surface area (Å²) in [6, 6.07) is 19.3. The molecule has 0 saturated carbocycles. The second-order valence-corrected chi connectivity index (χ2v) is 6.07. The third-order valence-corrected chi connectivity index (χ3v) is 4.15. The van der Waals surface area contributed by atoms with Gasteiger partial charge in [0.2, 0.25) is 0 Å². The number of hydrogen-bond donors (Lipinski definition) is 0. The molecule has 5 nitrogen and oxygen atoms in total. The number of fused-ring (bicyclic) bond motifs is 1. The fourth-order valence-electron chi connectivity index (χ4n) is 2.81. The Morgan fingerprint density at radius 1 is 0.926 bits per heavy atom. The van der Waals surface area contributed by atoms with E-state index >= 15 is 0 Å². The van der Waals surface area contributed by atoms with Gasteiger partial charge in [0, 0.05) is 12.5 Å². The first-order valence-electron chi connectivity index (χ1n) is 8.55. The normalized spacial score (nSPS) is 10.8. The van der Waals surface area contributed by atoms with Crippen LogP contribution < -0.4 is 10.2 Å². The Labute approximate surface area is 154 Å². The lowest BCUT2D eigenvalue weighted by Gasteiger charge is -2.06. The van der Waals surface area contributed by atoms with Gasteiger partial charge in [0.25, 0.3) is 0 Å². The molecule has 0 saturated heterocycles. The van der Waals surface area contributed by atoms with E-state index in [9.17, 15) is 9.59 Å². The average Bonchev–Trinajstić information content (AvgIpc) is 3.22. The number of hydrogen-bond acceptors (Lipinski definition) is 5. The summed E-state index contributed by atoms with van der Waals surface area (Å²) in [6.07, 6.45) is 2.37. The number of carbonyl (C=O) groups excluding carboxylic acids is 1. The molecule has 0 aliphatic heterocycles. The molecular weight excluding hydrogens is 344 g/mol. The number of furan rings is 1. The van der Waals surface area contributed by atoms with Gasteiger partial charge in [-0.05, 0) is 42.3 Å². The Balaban J connectivity index is 1.51. The first-order valence-corrected chi connectivity index (χ1v) is 8.55. The number of benzene rings is 2. The van der Waals surface area contributed by atoms with Crippen LogP contribution in [0.2, 0.25) is 0 Å². The largest absolute Gasteiger partial charge is 0.461 e. The minimum Gasteiger partial charge on any atom is -0.461 e. The summed E-state index contributed by atoms with van der Waals surface area (Å²) in [4.78, 5) is 24.5. The summed E-state index contributed by atoms with van der Waals surface area (Å²) in [7, 11) is 0. The van der Waals surface area contributed by atoms with Crippen LogP contribution in [0.25, 0.3) is 22.5 Å². The molecule has 0 unspecified atom stereocenters. The van der Waals surface area contributed by atoms with Crippen molar-refractivity contribution in [3.05, 3.63) is 88.8 Å². The fraction of sp³-hybridized carbons (Fsp3) is 0.0909. The molecule has 0 atom stereocenters. The molecule has 0 N–H and O–H groups in total. The van der Waals surface area contributed by atoms with Gasteiger partial charge in [0.1, 0.15) is 11.3 Å². The zero-order valence-electron chi connectivity index (χ0n) is 14.4. The lowest BCUT2D eigenvalue weighted by Crippen LogP contribution is -2.09. The summed E-state index contributed by atoms with van der Waals surface area (Å²) in [5, 5.41) is 0.346. The lowest BCUT2D eigenvalue weighted by atomic mass is 10.1. The molecule has 0 spiro atoms. The predicted octanol–water partition coefficient (Wildman–Crippen LogP) is 4.59. The van der Waals surface area contributed by atoms with Crippen molar-refractivity contribution in [2.45, 2.75) is 12.8 Å². The van der Waals surface area contributed by atoms with Crippen LogP contribution in [0.5, 0.6) is 5.75 Å². The van der Waals surface area contributed by atoms with Crippen LogP contribution in [0.1, 0.15) is 12.0 Å². The highest BCUT2D eigenvalue weighted by molar-refractivity contribution is 5.81. The Bertz CT molecular complexity index is 1120. The summed E-state index contributed by atoms with van der Waals surface area (Å²) >= 11 is 0. The van der Waals surface area contributed by atoms with Crippen molar-refractivity contribution in [3.63, 3.8) is 0 Å². The van der Waals surface area contributed by atoms with E-state index in [2.05, 4.69) is 0 Å². The van der Waals surface area contributed by atoms with Crippen LogP contribution in [-0.2, 0) is 11.2 Å². The Hall–Kier alpha value is -3.60. The van der Waals surface area contributed by atoms with E-state index in [1.807, 2.05) is 30.3 Å². The molecule has 0 aliphatic carbocycles. The van der Waals surface area contributed by atoms with Crippen molar-refractivity contribution >= 4 is 16.9 Å². The Kier molecular flexibility index (Phi) is 4.58. The maximum absolute atomic E-state index is 12.4. The van der Waals surface area contributed by atoms with Crippen LogP contribution in [0.3, 0.4) is 0 Å². The quantitative estimate of drug-likeness (QED) is 0.384. The van der Waals surface area contributed by atoms with Crippen LogP contribution in [0.15, 0.2) is 86.6 Å². The summed E-state index contributed by atoms with van der Waals surface area (Å²) < 4.78 is 16.3. The highest BCUT2D eigenvalue weighted by atomic mass is 16.5. The van der Waals surface area contributed by atoms with Crippen molar-refractivity contribution in [2.75, 3.05) is 0 Å². The van der Waals surface area contributed by atoms with Crippen LogP contribution in [-0.4, -0.2) is 5.97 Å². The van der Waals surface area contributed by atoms with Gasteiger partial charge in [-0.2, -0.15) is 0 Å². The highest BCUT2D eigenvalue weighted by Crippen LogP contribution is 2.25. The maximum atomic E-state index is 12.4. The number of aryl methyl sites for hydroxylation is 1. The van der Waals surface area contributed by atoms with E-state index in [-0.39, 0.29) is 17.8 Å². The number of ether oxygens (including phenoxy) is 1. The van der Waals surface area contributed by atoms with Gasteiger partial charge >= 0.3 is 5.97 Å². The number of carbonyl (C=O) groups is 1. The lowest BCUT2D eigenvalue weighted by molar-refractivity contribution is -0.134. The zero-order valence-corrected chi connectivity index (χ0v) is 14.4. The molecule has 2 aromatic carbocycles. The summed E-state index contributed by atoms with van der Waals surface area (Å²) in [5.41, 5.74) is 1.24. The van der Waals surface area contributed by atoms with E-state index in [1.54, 1.807) is 24.3 Å². The molecule has 0 radical (unpaired) electrons. The highest BCUT2D eigenvalue weighted by Gasteiger charge is 2.11. The number of esters is 1. The smallest absolute Gasteiger partial charge is 0.311 e. The van der Waals surface area contributed by atoms with Gasteiger partial charge in [-0.15, -0.1) is 0 Å². The van der Waals surface area contributed by atoms with E-state index < -0.39 is 0 Å². The molecule has 0 bridgehead atoms. The third kappa shape index (κ3) is 3.82. The van der Waals surface area contributed by atoms with E-state index in [1.165, 1.54) is 18.4 Å². The van der Waals surface area contributed by atoms with E-state index in [0.717, 1.165) is 5.56 Å². The maximum Gasteiger partial charge on any atom is 0.311 e. The van der Waals surface area contributed by atoms with Gasteiger partial charge in [0.15, 0.2) is 16.9 Å². The fourth-order valence-corrected chi connectivity index (χ4v) is 2.81. The molecule has 0 fully saturated rings. The summed E-state index contributed by atoms with van der Waals surface area (Å²) in [6.45, 7) is 0. The molecule has 27 heavy (non-hydrogen) atoms. The van der Waals surface area contributed by atoms with Crippen molar-refractivity contribution < 1.29 is 18.4 Å². The molecule has 2 heterocycles. The van der Waals surface area contributed by atoms with Crippen LogP contribution in [0.4, 0.5) is 0 Å². The molecule has 4 rings (SSSR count). The number of rotatable bonds is 5. The molecular formula is C22H16O5. The predicted molar refractivity (Wildman–Crippen MR) is 101 cm³/mol. The monoisotopic (exact) mass is 360 g/mol. The van der Waals surface area contributed by atoms with Crippen molar-refractivity contribution in [2.24, 2.45) is 0 Å². The summed E-state index contributed by atoms with van der Waals surface area (Å²) in [5.74, 6) is 0.795. The third-order valence-electron chi connectivity index (χ3n) is 4.15. The SMILES string of the molecule is O=C(CCc1ccccc1)Oc1ccc2oc(-c3ccco3)cc(=O)c2c1. The van der Waals surface area contributed by atoms with Crippen molar-refractivity contribution in [1.82, 2.24) is 0 Å². The van der Waals surface area contributed by atoms with Gasteiger partial charge in [-0.25, -0.2) is 0 Å². The van der Waals surface area contributed by atoms with Crippen molar-refractivity contribution in [3.8, 4) is 17.3 Å². The topological polar surface area (TPSA) is 69.7 Å². The second-order valence-electron chi connectivity index (χ2n) is 6.07.